The summed E-state index contributed by atoms with van der Waals surface area (Å²) >= 11 is 1.26. The highest BCUT2D eigenvalue weighted by molar-refractivity contribution is 7.99. The Morgan fingerprint density at radius 1 is 1.35 bits per heavy atom. The summed E-state index contributed by atoms with van der Waals surface area (Å²) in [6.07, 6.45) is 8.33. The molecule has 0 bridgehead atoms. The van der Waals surface area contributed by atoms with Gasteiger partial charge in [-0.05, 0) is 42.9 Å². The van der Waals surface area contributed by atoms with Crippen molar-refractivity contribution in [1.82, 2.24) is 9.55 Å². The summed E-state index contributed by atoms with van der Waals surface area (Å²) in [4.78, 5) is 15.0. The second-order valence-corrected chi connectivity index (χ2v) is 5.83. The normalized spacial score (nSPS) is 14.0. The van der Waals surface area contributed by atoms with Gasteiger partial charge in [-0.1, -0.05) is 23.9 Å². The number of carboxylic acid groups (broad SMARTS) is 1. The Morgan fingerprint density at radius 2 is 2.20 bits per heavy atom. The maximum atomic E-state index is 10.7. The van der Waals surface area contributed by atoms with E-state index in [1.165, 1.54) is 35.7 Å². The van der Waals surface area contributed by atoms with Crippen LogP contribution in [0.3, 0.4) is 0 Å². The lowest BCUT2D eigenvalue weighted by molar-refractivity contribution is -0.133. The maximum Gasteiger partial charge on any atom is 0.313 e. The largest absolute Gasteiger partial charge is 0.481 e. The van der Waals surface area contributed by atoms with Gasteiger partial charge in [0.2, 0.25) is 0 Å². The van der Waals surface area contributed by atoms with Gasteiger partial charge in [-0.2, -0.15) is 0 Å². The minimum Gasteiger partial charge on any atom is -0.481 e. The molecule has 0 radical (unpaired) electrons. The van der Waals surface area contributed by atoms with Crippen molar-refractivity contribution in [2.75, 3.05) is 5.75 Å². The number of carboxylic acids is 1. The number of aromatic nitrogens is 2. The van der Waals surface area contributed by atoms with Gasteiger partial charge in [-0.15, -0.1) is 0 Å². The van der Waals surface area contributed by atoms with E-state index in [1.807, 2.05) is 10.8 Å². The first-order valence-corrected chi connectivity index (χ1v) is 7.73. The highest BCUT2D eigenvalue weighted by Crippen LogP contribution is 2.29. The average Bonchev–Trinajstić information content (AvgIpc) is 2.92. The Labute approximate surface area is 121 Å². The Morgan fingerprint density at radius 3 is 3.05 bits per heavy atom. The van der Waals surface area contributed by atoms with Gasteiger partial charge in [-0.25, -0.2) is 4.98 Å². The van der Waals surface area contributed by atoms with Crippen LogP contribution in [0.4, 0.5) is 0 Å². The number of fused-ring (bicyclic) bond motifs is 1. The molecule has 4 nitrogen and oxygen atoms in total. The lowest BCUT2D eigenvalue weighted by atomic mass is 9.90. The molecule has 0 spiro atoms. The highest BCUT2D eigenvalue weighted by atomic mass is 32.2. The molecule has 1 N–H and O–H groups in total. The molecular formula is C15H16N2O2S. The van der Waals surface area contributed by atoms with E-state index < -0.39 is 5.97 Å². The number of hydrogen-bond acceptors (Lipinski definition) is 3. The predicted octanol–water partition coefficient (Wildman–Crippen LogP) is 2.93. The molecule has 104 valence electrons. The van der Waals surface area contributed by atoms with E-state index >= 15 is 0 Å². The molecule has 0 aliphatic heterocycles. The molecule has 0 saturated carbocycles. The van der Waals surface area contributed by atoms with Crippen LogP contribution < -0.4 is 0 Å². The number of imidazole rings is 1. The summed E-state index contributed by atoms with van der Waals surface area (Å²) in [5.41, 5.74) is 3.94. The van der Waals surface area contributed by atoms with Gasteiger partial charge in [0.15, 0.2) is 5.16 Å². The van der Waals surface area contributed by atoms with E-state index in [2.05, 4.69) is 23.2 Å². The Hall–Kier alpha value is -1.75. The van der Waals surface area contributed by atoms with Crippen molar-refractivity contribution >= 4 is 17.7 Å². The summed E-state index contributed by atoms with van der Waals surface area (Å²) in [7, 11) is 0. The molecular weight excluding hydrogens is 272 g/mol. The van der Waals surface area contributed by atoms with Gasteiger partial charge >= 0.3 is 5.97 Å². The number of benzene rings is 1. The second kappa shape index (κ2) is 5.71. The fourth-order valence-electron chi connectivity index (χ4n) is 2.69. The van der Waals surface area contributed by atoms with Crippen molar-refractivity contribution in [3.8, 4) is 5.69 Å². The van der Waals surface area contributed by atoms with Crippen LogP contribution in [0.15, 0.2) is 35.7 Å². The molecule has 0 saturated heterocycles. The van der Waals surface area contributed by atoms with Gasteiger partial charge in [-0.3, -0.25) is 9.36 Å². The zero-order valence-electron chi connectivity index (χ0n) is 11.1. The second-order valence-electron chi connectivity index (χ2n) is 4.88. The van der Waals surface area contributed by atoms with Crippen LogP contribution in [0, 0.1) is 0 Å². The number of thioether (sulfide) groups is 1. The molecule has 1 aromatic heterocycles. The molecule has 1 aliphatic rings. The van der Waals surface area contributed by atoms with E-state index in [-0.39, 0.29) is 5.75 Å². The average molecular weight is 288 g/mol. The lowest BCUT2D eigenvalue weighted by Gasteiger charge is -2.20. The fraction of sp³-hybridized carbons (Fsp3) is 0.333. The molecule has 0 unspecified atom stereocenters. The third-order valence-corrected chi connectivity index (χ3v) is 4.51. The predicted molar refractivity (Wildman–Crippen MR) is 78.6 cm³/mol. The van der Waals surface area contributed by atoms with Crippen molar-refractivity contribution in [2.24, 2.45) is 0 Å². The monoisotopic (exact) mass is 288 g/mol. The molecule has 5 heteroatoms. The number of aryl methyl sites for hydroxylation is 1. The molecule has 1 heterocycles. The van der Waals surface area contributed by atoms with Crippen LogP contribution in [-0.2, 0) is 17.6 Å². The van der Waals surface area contributed by atoms with Gasteiger partial charge in [0.1, 0.15) is 0 Å². The van der Waals surface area contributed by atoms with Crippen molar-refractivity contribution < 1.29 is 9.90 Å². The zero-order valence-corrected chi connectivity index (χ0v) is 11.9. The number of nitrogens with zero attached hydrogens (tertiary/aromatic N) is 2. The molecule has 0 amide bonds. The third kappa shape index (κ3) is 2.58. The number of aliphatic carboxylic acids is 1. The molecule has 3 rings (SSSR count). The summed E-state index contributed by atoms with van der Waals surface area (Å²) in [6, 6.07) is 6.36. The number of hydrogen-bond donors (Lipinski definition) is 1. The van der Waals surface area contributed by atoms with Gasteiger partial charge in [0.05, 0.1) is 11.4 Å². The first-order valence-electron chi connectivity index (χ1n) is 6.75. The van der Waals surface area contributed by atoms with Crippen molar-refractivity contribution in [1.29, 1.82) is 0 Å². The molecule has 20 heavy (non-hydrogen) atoms. The smallest absolute Gasteiger partial charge is 0.313 e. The van der Waals surface area contributed by atoms with Crippen LogP contribution in [0.1, 0.15) is 24.0 Å². The molecule has 0 atom stereocenters. The molecule has 0 fully saturated rings. The van der Waals surface area contributed by atoms with E-state index in [1.54, 1.807) is 6.20 Å². The Balaban J connectivity index is 1.97. The van der Waals surface area contributed by atoms with Crippen LogP contribution in [0.2, 0.25) is 0 Å². The van der Waals surface area contributed by atoms with Crippen molar-refractivity contribution in [3.05, 3.63) is 41.7 Å². The first kappa shape index (κ1) is 13.2. The summed E-state index contributed by atoms with van der Waals surface area (Å²) in [5.74, 6) is -0.786. The maximum absolute atomic E-state index is 10.7. The third-order valence-electron chi connectivity index (χ3n) is 3.56. The summed E-state index contributed by atoms with van der Waals surface area (Å²) in [6.45, 7) is 0. The minimum atomic E-state index is -0.820. The van der Waals surface area contributed by atoms with Crippen molar-refractivity contribution in [3.63, 3.8) is 0 Å². The minimum absolute atomic E-state index is 0.0338. The number of carbonyl (C=O) groups is 1. The van der Waals surface area contributed by atoms with Crippen LogP contribution >= 0.6 is 11.8 Å². The zero-order chi connectivity index (χ0) is 13.9. The van der Waals surface area contributed by atoms with Crippen LogP contribution in [-0.4, -0.2) is 26.4 Å². The van der Waals surface area contributed by atoms with Crippen molar-refractivity contribution in [2.45, 2.75) is 30.8 Å². The standard InChI is InChI=1S/C15H16N2O2S/c18-14(19)10-20-15-16-8-9-17(15)13-7-3-5-11-4-1-2-6-12(11)13/h3,5,7-9H,1-2,4,6,10H2,(H,18,19). The van der Waals surface area contributed by atoms with Crippen LogP contribution in [0.5, 0.6) is 0 Å². The topological polar surface area (TPSA) is 55.1 Å². The quantitative estimate of drug-likeness (QED) is 0.879. The fourth-order valence-corrected chi connectivity index (χ4v) is 3.38. The summed E-state index contributed by atoms with van der Waals surface area (Å²) in [5, 5.41) is 9.55. The van der Waals surface area contributed by atoms with E-state index in [0.29, 0.717) is 0 Å². The molecule has 2 aromatic rings. The molecule has 1 aliphatic carbocycles. The SMILES string of the molecule is O=C(O)CSc1nccn1-c1cccc2c1CCCC2. The van der Waals surface area contributed by atoms with Gasteiger partial charge < -0.3 is 5.11 Å². The van der Waals surface area contributed by atoms with Gasteiger partial charge in [0.25, 0.3) is 0 Å². The number of rotatable bonds is 4. The Kier molecular flexibility index (Phi) is 3.78. The highest BCUT2D eigenvalue weighted by Gasteiger charge is 2.16. The Bertz CT molecular complexity index is 637. The van der Waals surface area contributed by atoms with Gasteiger partial charge in [0, 0.05) is 12.4 Å². The van der Waals surface area contributed by atoms with E-state index in [9.17, 15) is 4.79 Å². The van der Waals surface area contributed by atoms with Crippen LogP contribution in [0.25, 0.3) is 5.69 Å². The molecule has 1 aromatic carbocycles. The van der Waals surface area contributed by atoms with E-state index in [0.717, 1.165) is 23.7 Å². The first-order chi connectivity index (χ1) is 9.75. The summed E-state index contributed by atoms with van der Waals surface area (Å²) < 4.78 is 2.01. The lowest BCUT2D eigenvalue weighted by Crippen LogP contribution is -2.09. The van der Waals surface area contributed by atoms with E-state index in [4.69, 9.17) is 5.11 Å².